The van der Waals surface area contributed by atoms with Crippen molar-refractivity contribution in [3.8, 4) is 0 Å². The molecule has 1 fully saturated rings. The van der Waals surface area contributed by atoms with Crippen LogP contribution in [0, 0.1) is 18.6 Å². The molecule has 0 bridgehead atoms. The fourth-order valence-corrected chi connectivity index (χ4v) is 2.75. The maximum absolute atomic E-state index is 14.0. The number of aliphatic hydroxyl groups excluding tert-OH is 1. The molecule has 0 heterocycles. The van der Waals surface area contributed by atoms with Gasteiger partial charge in [-0.2, -0.15) is 0 Å². The summed E-state index contributed by atoms with van der Waals surface area (Å²) in [6.07, 6.45) is 1.79. The summed E-state index contributed by atoms with van der Waals surface area (Å²) < 4.78 is 33.2. The molecular weight excluding hydrogens is 238 g/mol. The fraction of sp³-hybridized carbons (Fsp3) is 0.571. The molecule has 4 heteroatoms. The van der Waals surface area contributed by atoms with Gasteiger partial charge in [-0.05, 0) is 31.4 Å². The Morgan fingerprint density at radius 1 is 1.28 bits per heavy atom. The lowest BCUT2D eigenvalue weighted by Crippen LogP contribution is -2.36. The number of aliphatic hydroxyl groups is 1. The van der Waals surface area contributed by atoms with Gasteiger partial charge in [-0.1, -0.05) is 18.9 Å². The zero-order valence-electron chi connectivity index (χ0n) is 10.7. The third-order valence-corrected chi connectivity index (χ3v) is 3.95. The van der Waals surface area contributed by atoms with E-state index < -0.39 is 23.3 Å². The summed E-state index contributed by atoms with van der Waals surface area (Å²) in [6, 6.07) is 2.56. The minimum atomic E-state index is -1.26. The minimum absolute atomic E-state index is 0.265. The molecule has 0 saturated heterocycles. The molecular formula is C14H18F2O2. The lowest BCUT2D eigenvalue weighted by Gasteiger charge is -2.33. The Bertz CT molecular complexity index is 440. The van der Waals surface area contributed by atoms with Crippen LogP contribution in [0.25, 0.3) is 0 Å². The maximum atomic E-state index is 14.0. The van der Waals surface area contributed by atoms with Gasteiger partial charge >= 0.3 is 0 Å². The first-order chi connectivity index (χ1) is 8.52. The lowest BCUT2D eigenvalue weighted by atomic mass is 9.88. The Morgan fingerprint density at radius 2 is 1.89 bits per heavy atom. The van der Waals surface area contributed by atoms with Crippen LogP contribution in [0.3, 0.4) is 0 Å². The van der Waals surface area contributed by atoms with Gasteiger partial charge in [0.25, 0.3) is 0 Å². The number of rotatable bonds is 3. The molecule has 1 aromatic rings. The van der Waals surface area contributed by atoms with Crippen molar-refractivity contribution in [3.63, 3.8) is 0 Å². The molecule has 1 aromatic carbocycles. The van der Waals surface area contributed by atoms with E-state index in [2.05, 4.69) is 0 Å². The van der Waals surface area contributed by atoms with Crippen molar-refractivity contribution in [1.29, 1.82) is 0 Å². The van der Waals surface area contributed by atoms with E-state index in [9.17, 15) is 13.9 Å². The Labute approximate surface area is 106 Å². The molecule has 1 saturated carbocycles. The summed E-state index contributed by atoms with van der Waals surface area (Å²) in [4.78, 5) is 0. The Kier molecular flexibility index (Phi) is 3.69. The summed E-state index contributed by atoms with van der Waals surface area (Å²) in [5, 5.41) is 10.4. The van der Waals surface area contributed by atoms with Gasteiger partial charge in [0, 0.05) is 7.11 Å². The highest BCUT2D eigenvalue weighted by Gasteiger charge is 2.43. The van der Waals surface area contributed by atoms with Crippen LogP contribution in [0.4, 0.5) is 8.78 Å². The van der Waals surface area contributed by atoms with Crippen molar-refractivity contribution in [1.82, 2.24) is 0 Å². The number of hydrogen-bond acceptors (Lipinski definition) is 2. The predicted octanol–water partition coefficient (Wildman–Crippen LogP) is 3.27. The Balaban J connectivity index is 2.45. The van der Waals surface area contributed by atoms with Crippen molar-refractivity contribution in [2.24, 2.45) is 0 Å². The highest BCUT2D eigenvalue weighted by molar-refractivity contribution is 5.30. The van der Waals surface area contributed by atoms with Gasteiger partial charge in [0.15, 0.2) is 0 Å². The highest BCUT2D eigenvalue weighted by Crippen LogP contribution is 2.43. The number of benzene rings is 1. The van der Waals surface area contributed by atoms with Crippen LogP contribution in [0.15, 0.2) is 12.1 Å². The van der Waals surface area contributed by atoms with Crippen molar-refractivity contribution < 1.29 is 18.6 Å². The van der Waals surface area contributed by atoms with Gasteiger partial charge in [-0.15, -0.1) is 0 Å². The van der Waals surface area contributed by atoms with Crippen LogP contribution in [-0.2, 0) is 4.74 Å². The molecule has 2 nitrogen and oxygen atoms in total. The molecule has 2 rings (SSSR count). The second-order valence-electron chi connectivity index (χ2n) is 4.97. The van der Waals surface area contributed by atoms with E-state index in [4.69, 9.17) is 4.74 Å². The van der Waals surface area contributed by atoms with E-state index in [0.29, 0.717) is 18.4 Å². The average Bonchev–Trinajstić information content (AvgIpc) is 2.84. The summed E-state index contributed by atoms with van der Waals surface area (Å²) in [5.74, 6) is -1.39. The zero-order chi connectivity index (χ0) is 13.3. The largest absolute Gasteiger partial charge is 0.385 e. The van der Waals surface area contributed by atoms with Crippen LogP contribution >= 0.6 is 0 Å². The Morgan fingerprint density at radius 3 is 2.44 bits per heavy atom. The normalized spacial score (nSPS) is 20.1. The number of halogens is 2. The number of methoxy groups -OCH3 is 1. The first-order valence-electron chi connectivity index (χ1n) is 6.19. The predicted molar refractivity (Wildman–Crippen MR) is 64.3 cm³/mol. The fourth-order valence-electron chi connectivity index (χ4n) is 2.75. The molecule has 0 aromatic heterocycles. The van der Waals surface area contributed by atoms with Gasteiger partial charge in [0.05, 0.1) is 11.2 Å². The van der Waals surface area contributed by atoms with Crippen molar-refractivity contribution in [2.75, 3.05) is 7.11 Å². The molecule has 0 spiro atoms. The van der Waals surface area contributed by atoms with Crippen molar-refractivity contribution in [2.45, 2.75) is 44.3 Å². The van der Waals surface area contributed by atoms with Crippen LogP contribution in [0.5, 0.6) is 0 Å². The molecule has 0 aliphatic heterocycles. The van der Waals surface area contributed by atoms with E-state index in [1.165, 1.54) is 19.2 Å². The van der Waals surface area contributed by atoms with Crippen molar-refractivity contribution >= 4 is 0 Å². The zero-order valence-corrected chi connectivity index (χ0v) is 10.7. The highest BCUT2D eigenvalue weighted by atomic mass is 19.1. The maximum Gasteiger partial charge on any atom is 0.134 e. The van der Waals surface area contributed by atoms with Crippen LogP contribution < -0.4 is 0 Å². The van der Waals surface area contributed by atoms with Gasteiger partial charge in [0.1, 0.15) is 17.7 Å². The second-order valence-corrected chi connectivity index (χ2v) is 4.97. The van der Waals surface area contributed by atoms with Gasteiger partial charge in [0.2, 0.25) is 0 Å². The summed E-state index contributed by atoms with van der Waals surface area (Å²) in [7, 11) is 1.49. The van der Waals surface area contributed by atoms with E-state index in [-0.39, 0.29) is 5.56 Å². The third-order valence-electron chi connectivity index (χ3n) is 3.95. The number of hydrogen-bond donors (Lipinski definition) is 1. The van der Waals surface area contributed by atoms with E-state index in [1.54, 1.807) is 6.92 Å². The summed E-state index contributed by atoms with van der Waals surface area (Å²) in [6.45, 7) is 1.55. The lowest BCUT2D eigenvalue weighted by molar-refractivity contribution is -0.102. The van der Waals surface area contributed by atoms with E-state index in [0.717, 1.165) is 12.8 Å². The van der Waals surface area contributed by atoms with Gasteiger partial charge in [-0.25, -0.2) is 8.78 Å². The smallest absolute Gasteiger partial charge is 0.134 e. The first kappa shape index (κ1) is 13.4. The quantitative estimate of drug-likeness (QED) is 0.899. The minimum Gasteiger partial charge on any atom is -0.385 e. The molecule has 1 aliphatic rings. The molecule has 1 aliphatic carbocycles. The van der Waals surface area contributed by atoms with Crippen LogP contribution in [0.2, 0.25) is 0 Å². The molecule has 100 valence electrons. The van der Waals surface area contributed by atoms with Gasteiger partial charge < -0.3 is 9.84 Å². The molecule has 0 amide bonds. The first-order valence-corrected chi connectivity index (χ1v) is 6.19. The molecule has 1 N–H and O–H groups in total. The summed E-state index contributed by atoms with van der Waals surface area (Å²) in [5.41, 5.74) is -0.788. The Hall–Kier alpha value is -1.00. The van der Waals surface area contributed by atoms with Crippen LogP contribution in [0.1, 0.15) is 42.9 Å². The second kappa shape index (κ2) is 4.94. The monoisotopic (exact) mass is 256 g/mol. The standard InChI is InChI=1S/C14H18F2O2/c1-9-5-6-10(15)11(12(9)16)13(17)14(18-2)7-3-4-8-14/h5-6,13,17H,3-4,7-8H2,1-2H3. The number of aryl methyl sites for hydroxylation is 1. The van der Waals surface area contributed by atoms with Gasteiger partial charge in [-0.3, -0.25) is 0 Å². The van der Waals surface area contributed by atoms with Crippen LogP contribution in [-0.4, -0.2) is 17.8 Å². The SMILES string of the molecule is COC1(C(O)c2c(F)ccc(C)c2F)CCCC1. The molecule has 1 atom stereocenters. The molecule has 18 heavy (non-hydrogen) atoms. The molecule has 1 unspecified atom stereocenters. The third kappa shape index (κ3) is 2.04. The molecule has 0 radical (unpaired) electrons. The topological polar surface area (TPSA) is 29.5 Å². The summed E-state index contributed by atoms with van der Waals surface area (Å²) >= 11 is 0. The van der Waals surface area contributed by atoms with E-state index in [1.807, 2.05) is 0 Å². The number of ether oxygens (including phenoxy) is 1. The van der Waals surface area contributed by atoms with E-state index >= 15 is 0 Å². The van der Waals surface area contributed by atoms with Crippen molar-refractivity contribution in [3.05, 3.63) is 34.9 Å². The average molecular weight is 256 g/mol.